The molecular formula is C37H43N5O5. The molecule has 3 aromatic carbocycles. The lowest BCUT2D eigenvalue weighted by Gasteiger charge is -2.39. The summed E-state index contributed by atoms with van der Waals surface area (Å²) in [6, 6.07) is 25.0. The van der Waals surface area contributed by atoms with Crippen LogP contribution in [-0.4, -0.2) is 78.3 Å². The second kappa shape index (κ2) is 13.3. The van der Waals surface area contributed by atoms with Gasteiger partial charge in [-0.1, -0.05) is 67.6 Å². The number of carbonyl (C=O) groups is 3. The van der Waals surface area contributed by atoms with Gasteiger partial charge in [0, 0.05) is 49.4 Å². The second-order valence-electron chi connectivity index (χ2n) is 12.7. The molecular weight excluding hydrogens is 594 g/mol. The highest BCUT2D eigenvalue weighted by molar-refractivity contribution is 6.09. The third-order valence-electron chi connectivity index (χ3n) is 9.95. The van der Waals surface area contributed by atoms with Crippen molar-refractivity contribution in [1.29, 1.82) is 0 Å². The fourth-order valence-corrected chi connectivity index (χ4v) is 7.24. The number of hydrogen-bond acceptors (Lipinski definition) is 7. The molecule has 3 heterocycles. The van der Waals surface area contributed by atoms with Crippen LogP contribution >= 0.6 is 0 Å². The molecule has 3 aromatic rings. The number of hydrogen-bond donors (Lipinski definition) is 3. The summed E-state index contributed by atoms with van der Waals surface area (Å²) in [4.78, 5) is 48.0. The average Bonchev–Trinajstić information content (AvgIpc) is 3.48. The number of rotatable bonds is 10. The van der Waals surface area contributed by atoms with E-state index in [2.05, 4.69) is 10.2 Å². The average molecular weight is 638 g/mol. The van der Waals surface area contributed by atoms with Crippen LogP contribution in [0.5, 0.6) is 0 Å². The Balaban J connectivity index is 1.25. The Morgan fingerprint density at radius 3 is 2.34 bits per heavy atom. The van der Waals surface area contributed by atoms with Gasteiger partial charge in [0.15, 0.2) is 5.60 Å². The minimum absolute atomic E-state index is 0.0124. The van der Waals surface area contributed by atoms with Crippen LogP contribution in [0.3, 0.4) is 0 Å². The SMILES string of the molecule is C[C@@H](/C=C/CC(=O)N(CCO)Cc1ccccc1)[C@]1(O)C(=O)N(C)c2ccc(N3CN(c4ccccc4)C4(CCNCC4)C3=O)cc21. The van der Waals surface area contributed by atoms with Gasteiger partial charge in [-0.15, -0.1) is 0 Å². The summed E-state index contributed by atoms with van der Waals surface area (Å²) in [7, 11) is 1.64. The minimum atomic E-state index is -1.89. The molecule has 246 valence electrons. The largest absolute Gasteiger partial charge is 0.395 e. The first-order valence-corrected chi connectivity index (χ1v) is 16.3. The molecule has 6 rings (SSSR count). The number of likely N-dealkylation sites (N-methyl/N-ethyl adjacent to an activating group) is 1. The third-order valence-corrected chi connectivity index (χ3v) is 9.95. The van der Waals surface area contributed by atoms with Crippen LogP contribution in [-0.2, 0) is 26.5 Å². The molecule has 10 nitrogen and oxygen atoms in total. The smallest absolute Gasteiger partial charge is 0.264 e. The fourth-order valence-electron chi connectivity index (χ4n) is 7.24. The first-order chi connectivity index (χ1) is 22.7. The highest BCUT2D eigenvalue weighted by Gasteiger charge is 2.55. The van der Waals surface area contributed by atoms with Crippen LogP contribution in [0.4, 0.5) is 17.1 Å². The van der Waals surface area contributed by atoms with Crippen molar-refractivity contribution in [2.75, 3.05) is 54.7 Å². The molecule has 0 unspecified atom stereocenters. The molecule has 1 spiro atoms. The zero-order valence-corrected chi connectivity index (χ0v) is 27.0. The summed E-state index contributed by atoms with van der Waals surface area (Å²) < 4.78 is 0. The predicted octanol–water partition coefficient (Wildman–Crippen LogP) is 3.39. The van der Waals surface area contributed by atoms with E-state index in [4.69, 9.17) is 0 Å². The van der Waals surface area contributed by atoms with Crippen molar-refractivity contribution in [1.82, 2.24) is 10.2 Å². The van der Waals surface area contributed by atoms with E-state index in [9.17, 15) is 24.6 Å². The summed E-state index contributed by atoms with van der Waals surface area (Å²) in [5.74, 6) is -1.29. The number of aliphatic hydroxyl groups is 2. The van der Waals surface area contributed by atoms with E-state index in [0.717, 1.165) is 24.3 Å². The molecule has 2 fully saturated rings. The molecule has 2 atom stereocenters. The Hall–Kier alpha value is -4.51. The topological polar surface area (TPSA) is 117 Å². The van der Waals surface area contributed by atoms with E-state index in [1.165, 1.54) is 4.90 Å². The zero-order chi connectivity index (χ0) is 33.2. The number of fused-ring (bicyclic) bond motifs is 1. The number of nitrogens with one attached hydrogen (secondary N) is 1. The Morgan fingerprint density at radius 2 is 1.66 bits per heavy atom. The Bertz CT molecular complexity index is 1640. The summed E-state index contributed by atoms with van der Waals surface area (Å²) in [6.07, 6.45) is 4.79. The van der Waals surface area contributed by atoms with Crippen molar-refractivity contribution < 1.29 is 24.6 Å². The summed E-state index contributed by atoms with van der Waals surface area (Å²) in [6.45, 7) is 4.02. The molecule has 3 aliphatic heterocycles. The molecule has 10 heteroatoms. The van der Waals surface area contributed by atoms with E-state index >= 15 is 0 Å². The molecule has 0 saturated carbocycles. The van der Waals surface area contributed by atoms with Crippen molar-refractivity contribution in [3.63, 3.8) is 0 Å². The quantitative estimate of drug-likeness (QED) is 0.292. The van der Waals surface area contributed by atoms with Gasteiger partial charge >= 0.3 is 0 Å². The van der Waals surface area contributed by atoms with E-state index in [1.807, 2.05) is 66.7 Å². The van der Waals surface area contributed by atoms with E-state index in [0.29, 0.717) is 43.0 Å². The maximum absolute atomic E-state index is 14.3. The zero-order valence-electron chi connectivity index (χ0n) is 27.0. The standard InChI is InChI=1S/C37H43N5O5/c1-27(10-9-15-33(44)40(22-23-43)25-28-11-5-3-6-12-28)37(47)31-24-30(16-17-32(31)39(2)35(37)46)41-26-42(29-13-7-4-8-14-29)36(34(41)45)18-20-38-21-19-36/h3-14,16-17,24,27,38,43,47H,15,18-23,25-26H2,1-2H3/b10-9+/t27-,37+/m0/s1. The van der Waals surface area contributed by atoms with Gasteiger partial charge in [0.2, 0.25) is 5.91 Å². The van der Waals surface area contributed by atoms with Crippen molar-refractivity contribution in [2.24, 2.45) is 5.92 Å². The van der Waals surface area contributed by atoms with E-state index in [1.54, 1.807) is 48.1 Å². The molecule has 3 N–H and O–H groups in total. The first kappa shape index (κ1) is 32.4. The molecule has 3 amide bonds. The number of nitrogens with zero attached hydrogens (tertiary/aromatic N) is 4. The normalized spacial score (nSPS) is 21.1. The fraction of sp³-hybridized carbons (Fsp3) is 0.378. The second-order valence-corrected chi connectivity index (χ2v) is 12.7. The van der Waals surface area contributed by atoms with Crippen LogP contribution in [0.2, 0.25) is 0 Å². The number of piperidine rings is 1. The molecule has 3 aliphatic rings. The summed E-state index contributed by atoms with van der Waals surface area (Å²) in [5, 5.41) is 25.0. The van der Waals surface area contributed by atoms with E-state index < -0.39 is 23.0 Å². The number of benzene rings is 3. The minimum Gasteiger partial charge on any atom is -0.395 e. The van der Waals surface area contributed by atoms with Crippen molar-refractivity contribution in [3.8, 4) is 0 Å². The van der Waals surface area contributed by atoms with E-state index in [-0.39, 0.29) is 31.4 Å². The number of aliphatic hydroxyl groups excluding tert-OH is 1. The molecule has 0 radical (unpaired) electrons. The maximum Gasteiger partial charge on any atom is 0.264 e. The molecule has 2 saturated heterocycles. The van der Waals surface area contributed by atoms with Gasteiger partial charge in [-0.2, -0.15) is 0 Å². The maximum atomic E-state index is 14.3. The Labute approximate surface area is 275 Å². The molecule has 47 heavy (non-hydrogen) atoms. The predicted molar refractivity (Wildman–Crippen MR) is 182 cm³/mol. The molecule has 0 bridgehead atoms. The monoisotopic (exact) mass is 637 g/mol. The number of carbonyl (C=O) groups excluding carboxylic acids is 3. The molecule has 0 aromatic heterocycles. The van der Waals surface area contributed by atoms with Crippen molar-refractivity contribution >= 4 is 34.8 Å². The van der Waals surface area contributed by atoms with Crippen molar-refractivity contribution in [2.45, 2.75) is 43.9 Å². The lowest BCUT2D eigenvalue weighted by molar-refractivity contribution is -0.139. The Morgan fingerprint density at radius 1 is 0.979 bits per heavy atom. The van der Waals surface area contributed by atoms with Crippen LogP contribution in [0.25, 0.3) is 0 Å². The lowest BCUT2D eigenvalue weighted by atomic mass is 9.82. The number of anilines is 3. The lowest BCUT2D eigenvalue weighted by Crippen LogP contribution is -2.55. The molecule has 0 aliphatic carbocycles. The Kier molecular flexibility index (Phi) is 9.18. The van der Waals surface area contributed by atoms with Crippen LogP contribution in [0.15, 0.2) is 91.0 Å². The third kappa shape index (κ3) is 5.81. The van der Waals surface area contributed by atoms with Gasteiger partial charge in [0.1, 0.15) is 5.54 Å². The van der Waals surface area contributed by atoms with Gasteiger partial charge in [-0.25, -0.2) is 0 Å². The van der Waals surface area contributed by atoms with Crippen LogP contribution in [0, 0.1) is 5.92 Å². The summed E-state index contributed by atoms with van der Waals surface area (Å²) >= 11 is 0. The number of amides is 3. The van der Waals surface area contributed by atoms with Crippen LogP contribution in [0.1, 0.15) is 37.3 Å². The first-order valence-electron chi connectivity index (χ1n) is 16.3. The van der Waals surface area contributed by atoms with Crippen molar-refractivity contribution in [3.05, 3.63) is 102 Å². The van der Waals surface area contributed by atoms with Gasteiger partial charge < -0.3 is 30.2 Å². The highest BCUT2D eigenvalue weighted by Crippen LogP contribution is 2.47. The van der Waals surface area contributed by atoms with Gasteiger partial charge in [-0.05, 0) is 61.8 Å². The highest BCUT2D eigenvalue weighted by atomic mass is 16.3. The van der Waals surface area contributed by atoms with Gasteiger partial charge in [-0.3, -0.25) is 19.3 Å². The van der Waals surface area contributed by atoms with Crippen LogP contribution < -0.4 is 20.0 Å². The number of para-hydroxylation sites is 1. The van der Waals surface area contributed by atoms with Gasteiger partial charge in [0.05, 0.1) is 19.0 Å². The summed E-state index contributed by atoms with van der Waals surface area (Å²) in [5.41, 5.74) is 1.01. The van der Waals surface area contributed by atoms with Gasteiger partial charge in [0.25, 0.3) is 11.8 Å².